The summed E-state index contributed by atoms with van der Waals surface area (Å²) in [7, 11) is 0. The number of quaternary nitrogens is 1. The third-order valence-electron chi connectivity index (χ3n) is 3.57. The Morgan fingerprint density at radius 3 is 1.89 bits per heavy atom. The van der Waals surface area contributed by atoms with Gasteiger partial charge < -0.3 is 12.4 Å². The van der Waals surface area contributed by atoms with Crippen molar-refractivity contribution in [2.24, 2.45) is 0 Å². The summed E-state index contributed by atoms with van der Waals surface area (Å²) in [6.07, 6.45) is 0. The topological polar surface area (TPSA) is 41.8 Å². The van der Waals surface area contributed by atoms with Crippen LogP contribution < -0.4 is 17.4 Å². The first kappa shape index (κ1) is 27.3. The van der Waals surface area contributed by atoms with E-state index in [1.807, 2.05) is 0 Å². The van der Waals surface area contributed by atoms with Crippen LogP contribution in [-0.4, -0.2) is 21.9 Å². The van der Waals surface area contributed by atoms with Gasteiger partial charge in [-0.2, -0.15) is 0 Å². The molecule has 0 aromatic heterocycles. The van der Waals surface area contributed by atoms with Crippen LogP contribution in [0.1, 0.15) is 41.5 Å². The zero-order chi connectivity index (χ0) is 19.6. The van der Waals surface area contributed by atoms with Crippen LogP contribution in [0.5, 0.6) is 0 Å². The second-order valence-corrected chi connectivity index (χ2v) is 8.26. The number of nitrogens with zero attached hydrogens (tertiary/aromatic N) is 1. The molecule has 1 unspecified atom stereocenters. The van der Waals surface area contributed by atoms with Gasteiger partial charge in [0.25, 0.3) is 0 Å². The maximum atomic E-state index is 13.0. The van der Waals surface area contributed by atoms with E-state index in [0.29, 0.717) is 15.6 Å². The predicted molar refractivity (Wildman–Crippen MR) is 112 cm³/mol. The Morgan fingerprint density at radius 1 is 0.929 bits per heavy atom. The fourth-order valence-electron chi connectivity index (χ4n) is 2.33. The van der Waals surface area contributed by atoms with E-state index in [-0.39, 0.29) is 46.3 Å². The highest BCUT2D eigenvalue weighted by molar-refractivity contribution is 6.37. The highest BCUT2D eigenvalue weighted by atomic mass is 35.5. The van der Waals surface area contributed by atoms with Gasteiger partial charge in [-0.3, -0.25) is 4.79 Å². The zero-order valence-electron chi connectivity index (χ0n) is 15.1. The van der Waals surface area contributed by atoms with Crippen molar-refractivity contribution in [1.82, 2.24) is 4.53 Å². The van der Waals surface area contributed by atoms with Gasteiger partial charge >= 0.3 is 11.8 Å². The highest BCUT2D eigenvalue weighted by Gasteiger charge is 2.42. The van der Waals surface area contributed by atoms with Crippen molar-refractivity contribution in [3.05, 3.63) is 68.7 Å². The van der Waals surface area contributed by atoms with E-state index < -0.39 is 11.4 Å². The molecule has 10 heteroatoms. The van der Waals surface area contributed by atoms with Gasteiger partial charge in [-0.05, 0) is 63.2 Å². The number of carbonyl (C=O) groups is 2. The van der Waals surface area contributed by atoms with Crippen LogP contribution in [0.25, 0.3) is 0 Å². The SMILES string of the molecule is CC(C)(C)[NH+](C(=O)c1ccc(Cl)cc1)N(Cl)C(=O)c1ccc(Cl)cc1Cl.Cl.[Cl-]. The van der Waals surface area contributed by atoms with Crippen LogP contribution in [0.3, 0.4) is 0 Å². The summed E-state index contributed by atoms with van der Waals surface area (Å²) in [5.74, 6) is -0.983. The number of nitrogens with one attached hydrogen (secondary N) is 1. The average molecular weight is 507 g/mol. The van der Waals surface area contributed by atoms with Gasteiger partial charge in [-0.15, -0.1) is 17.4 Å². The van der Waals surface area contributed by atoms with Crippen LogP contribution in [-0.2, 0) is 0 Å². The molecule has 0 bridgehead atoms. The molecule has 2 rings (SSSR count). The summed E-state index contributed by atoms with van der Waals surface area (Å²) in [5, 5.41) is 1.17. The molecule has 0 heterocycles. The molecule has 1 N–H and O–H groups in total. The van der Waals surface area contributed by atoms with Crippen molar-refractivity contribution in [2.45, 2.75) is 26.3 Å². The fourth-order valence-corrected chi connectivity index (χ4v) is 3.37. The molecule has 1 atom stereocenters. The van der Waals surface area contributed by atoms with Crippen LogP contribution in [0.15, 0.2) is 42.5 Å². The number of hydrogen-bond donors (Lipinski definition) is 1. The average Bonchev–Trinajstić information content (AvgIpc) is 2.53. The molecule has 2 amide bonds. The fraction of sp³-hybridized carbons (Fsp3) is 0.222. The minimum absolute atomic E-state index is 0. The van der Waals surface area contributed by atoms with Gasteiger partial charge in [0.05, 0.1) is 27.9 Å². The summed E-state index contributed by atoms with van der Waals surface area (Å²) in [6.45, 7) is 5.38. The van der Waals surface area contributed by atoms with E-state index in [2.05, 4.69) is 0 Å². The molecule has 154 valence electrons. The number of halogens is 6. The second kappa shape index (κ2) is 10.9. The first-order valence-corrected chi connectivity index (χ1v) is 9.12. The lowest BCUT2D eigenvalue weighted by molar-refractivity contribution is -0.951. The minimum atomic E-state index is -0.701. The Kier molecular flexibility index (Phi) is 10.6. The van der Waals surface area contributed by atoms with Gasteiger partial charge in [0.1, 0.15) is 5.54 Å². The van der Waals surface area contributed by atoms with Crippen molar-refractivity contribution < 1.29 is 27.0 Å². The molecule has 28 heavy (non-hydrogen) atoms. The molecule has 4 nitrogen and oxygen atoms in total. The molecular formula is C18H18Cl6N2O2. The third kappa shape index (κ3) is 6.39. The Morgan fingerprint density at radius 2 is 1.43 bits per heavy atom. The lowest BCUT2D eigenvalue weighted by Gasteiger charge is -2.33. The monoisotopic (exact) mass is 504 g/mol. The first-order valence-electron chi connectivity index (χ1n) is 7.65. The van der Waals surface area contributed by atoms with E-state index in [0.717, 1.165) is 4.53 Å². The standard InChI is InChI=1S/C18H16Cl4N2O2.2ClH/c1-18(2,3)23(16(25)11-4-6-12(19)7-5-11)24(22)17(26)14-9-8-13(20)10-15(14)21;;/h4-10H,1-3H3;2*1H. The van der Waals surface area contributed by atoms with Gasteiger partial charge in [0.15, 0.2) is 0 Å². The normalized spacial score (nSPS) is 11.7. The van der Waals surface area contributed by atoms with E-state index in [1.165, 1.54) is 18.2 Å². The van der Waals surface area contributed by atoms with E-state index in [1.54, 1.807) is 45.0 Å². The first-order chi connectivity index (χ1) is 12.0. The summed E-state index contributed by atoms with van der Waals surface area (Å²) < 4.78 is 0.825. The Hall–Kier alpha value is -0.720. The second-order valence-electron chi connectivity index (χ2n) is 6.64. The lowest BCUT2D eigenvalue weighted by Crippen LogP contribution is -3.25. The quantitative estimate of drug-likeness (QED) is 0.501. The van der Waals surface area contributed by atoms with Crippen molar-refractivity contribution in [2.75, 3.05) is 0 Å². The highest BCUT2D eigenvalue weighted by Crippen LogP contribution is 2.22. The third-order valence-corrected chi connectivity index (χ3v) is 4.69. The molecule has 0 saturated carbocycles. The Bertz CT molecular complexity index is 837. The van der Waals surface area contributed by atoms with Gasteiger partial charge in [-0.25, -0.2) is 4.79 Å². The molecule has 0 fully saturated rings. The predicted octanol–water partition coefficient (Wildman–Crippen LogP) is 2.11. The van der Waals surface area contributed by atoms with Gasteiger partial charge in [0.2, 0.25) is 0 Å². The van der Waals surface area contributed by atoms with Crippen molar-refractivity contribution in [1.29, 1.82) is 0 Å². The maximum Gasteiger partial charge on any atom is 0.370 e. The molecule has 0 radical (unpaired) electrons. The molecule has 0 aliphatic rings. The minimum Gasteiger partial charge on any atom is -1.00 e. The van der Waals surface area contributed by atoms with E-state index >= 15 is 0 Å². The summed E-state index contributed by atoms with van der Waals surface area (Å²) in [6, 6.07) is 10.8. The lowest BCUT2D eigenvalue weighted by atomic mass is 10.1. The molecule has 0 aliphatic carbocycles. The van der Waals surface area contributed by atoms with E-state index in [9.17, 15) is 9.59 Å². The molecule has 0 saturated heterocycles. The maximum absolute atomic E-state index is 13.0. The van der Waals surface area contributed by atoms with Crippen LogP contribution >= 0.6 is 59.0 Å². The molecule has 0 spiro atoms. The van der Waals surface area contributed by atoms with E-state index in [4.69, 9.17) is 46.6 Å². The van der Waals surface area contributed by atoms with Crippen LogP contribution in [0.4, 0.5) is 0 Å². The number of carbonyl (C=O) groups excluding carboxylic acids is 2. The van der Waals surface area contributed by atoms with Crippen LogP contribution in [0, 0.1) is 0 Å². The summed E-state index contributed by atoms with van der Waals surface area (Å²) in [4.78, 5) is 25.8. The number of hydrogen-bond acceptors (Lipinski definition) is 2. The van der Waals surface area contributed by atoms with Gasteiger partial charge in [0, 0.05) is 10.0 Å². The van der Waals surface area contributed by atoms with Crippen LogP contribution in [0.2, 0.25) is 15.1 Å². The summed E-state index contributed by atoms with van der Waals surface area (Å²) in [5.41, 5.74) is -0.177. The van der Waals surface area contributed by atoms with Crippen molar-refractivity contribution >= 4 is 70.8 Å². The number of benzene rings is 2. The largest absolute Gasteiger partial charge is 1.00 e. The number of amides is 2. The van der Waals surface area contributed by atoms with Crippen molar-refractivity contribution in [3.8, 4) is 0 Å². The summed E-state index contributed by atoms with van der Waals surface area (Å²) >= 11 is 24.2. The molecule has 2 aromatic rings. The molecule has 0 aliphatic heterocycles. The molecular weight excluding hydrogens is 489 g/mol. The Labute approximate surface area is 196 Å². The molecule has 2 aromatic carbocycles. The van der Waals surface area contributed by atoms with Gasteiger partial charge in [-0.1, -0.05) is 39.3 Å². The van der Waals surface area contributed by atoms with Crippen molar-refractivity contribution in [3.63, 3.8) is 0 Å². The number of rotatable bonds is 2. The smallest absolute Gasteiger partial charge is 0.370 e. The Balaban J connectivity index is 0.00000364. The zero-order valence-corrected chi connectivity index (χ0v) is 19.7.